The molecular weight excluding hydrogens is 545 g/mol. The Balaban J connectivity index is 1.38. The number of rotatable bonds is 15. The van der Waals surface area contributed by atoms with Crippen LogP contribution in [0.3, 0.4) is 0 Å². The second-order valence-corrected chi connectivity index (χ2v) is 11.8. The summed E-state index contributed by atoms with van der Waals surface area (Å²) in [4.78, 5) is 21.2. The maximum atomic E-state index is 14.9. The molecular formula is C32H45F3N4O3. The molecule has 1 aromatic heterocycles. The number of alkyl halides is 2. The number of pyridine rings is 1. The Hall–Kier alpha value is -2.85. The van der Waals surface area contributed by atoms with Crippen molar-refractivity contribution in [2.75, 3.05) is 45.2 Å². The number of likely N-dealkylation sites (tertiary alicyclic amines) is 1. The molecule has 0 aliphatic carbocycles. The van der Waals surface area contributed by atoms with Crippen molar-refractivity contribution in [1.29, 1.82) is 0 Å². The number of nitrogens with one attached hydrogen (secondary N) is 1. The van der Waals surface area contributed by atoms with Gasteiger partial charge in [0.25, 0.3) is 0 Å². The molecule has 1 fully saturated rings. The van der Waals surface area contributed by atoms with E-state index in [2.05, 4.69) is 22.3 Å². The molecule has 2 aliphatic rings. The Labute approximate surface area is 247 Å². The smallest absolute Gasteiger partial charge is 0.325 e. The van der Waals surface area contributed by atoms with Gasteiger partial charge in [0, 0.05) is 49.9 Å². The van der Waals surface area contributed by atoms with E-state index in [0.29, 0.717) is 37.2 Å². The van der Waals surface area contributed by atoms with Gasteiger partial charge in [0.15, 0.2) is 11.6 Å². The number of ether oxygens (including phenoxy) is 1. The molecule has 1 aromatic carbocycles. The van der Waals surface area contributed by atoms with E-state index in [1.54, 1.807) is 6.07 Å². The molecule has 7 nitrogen and oxygen atoms in total. The topological polar surface area (TPSA) is 77.9 Å². The molecule has 2 atom stereocenters. The van der Waals surface area contributed by atoms with E-state index in [1.807, 2.05) is 18.7 Å². The highest BCUT2D eigenvalue weighted by Crippen LogP contribution is 2.37. The Kier molecular flexibility index (Phi) is 11.5. The number of hydrogen-bond donors (Lipinski definition) is 2. The first-order chi connectivity index (χ1) is 20.2. The molecule has 3 heterocycles. The van der Waals surface area contributed by atoms with Crippen molar-refractivity contribution in [1.82, 2.24) is 14.8 Å². The minimum atomic E-state index is -2.40. The molecule has 4 rings (SSSR count). The Morgan fingerprint density at radius 2 is 2.02 bits per heavy atom. The van der Waals surface area contributed by atoms with E-state index in [-0.39, 0.29) is 30.7 Å². The SMILES string of the molecule is COc1c(F)cc(C(C)C)cc1[C@@H](C(=O)O)N1CC[C@H](N(CCCCCc2ccc3c(n2)NCCC3)CCC(F)F)C1. The number of aromatic nitrogens is 1. The second kappa shape index (κ2) is 15.0. The standard InChI is InChI=1S/C32H45F3N4O3/c1-21(2)23-18-26(30(42-3)27(33)19-23)29(32(40)41)39-16-12-25(20-39)38(17-13-28(34)35)15-6-4-5-9-24-11-10-22-8-7-14-36-31(22)37-24/h10-11,18-19,21,25,28-29H,4-9,12-17,20H2,1-3H3,(H,36,37)(H,40,41)/t25-,29-/m0/s1. The minimum absolute atomic E-state index is 0.00876. The molecule has 2 N–H and O–H groups in total. The number of aryl methyl sites for hydroxylation is 2. The number of halogens is 3. The molecule has 10 heteroatoms. The third-order valence-corrected chi connectivity index (χ3v) is 8.53. The van der Waals surface area contributed by atoms with Gasteiger partial charge >= 0.3 is 5.97 Å². The van der Waals surface area contributed by atoms with Crippen molar-refractivity contribution in [3.05, 3.63) is 52.5 Å². The maximum Gasteiger partial charge on any atom is 0.325 e. The molecule has 0 amide bonds. The Bertz CT molecular complexity index is 1200. The highest BCUT2D eigenvalue weighted by atomic mass is 19.3. The lowest BCUT2D eigenvalue weighted by molar-refractivity contribution is -0.143. The summed E-state index contributed by atoms with van der Waals surface area (Å²) in [5.41, 5.74) is 3.33. The fourth-order valence-corrected chi connectivity index (χ4v) is 6.22. The first-order valence-electron chi connectivity index (χ1n) is 15.3. The van der Waals surface area contributed by atoms with E-state index >= 15 is 0 Å². The normalized spacial score (nSPS) is 18.0. The van der Waals surface area contributed by atoms with Crippen molar-refractivity contribution in [3.8, 4) is 5.75 Å². The predicted molar refractivity (Wildman–Crippen MR) is 158 cm³/mol. The first-order valence-corrected chi connectivity index (χ1v) is 15.3. The number of nitrogens with zero attached hydrogens (tertiary/aromatic N) is 3. The van der Waals surface area contributed by atoms with E-state index in [9.17, 15) is 23.1 Å². The van der Waals surface area contributed by atoms with Gasteiger partial charge in [-0.1, -0.05) is 26.3 Å². The number of carbonyl (C=O) groups is 1. The van der Waals surface area contributed by atoms with E-state index in [4.69, 9.17) is 9.72 Å². The van der Waals surface area contributed by atoms with Crippen LogP contribution in [0.2, 0.25) is 0 Å². The molecule has 0 saturated carbocycles. The number of carboxylic acid groups (broad SMARTS) is 1. The van der Waals surface area contributed by atoms with Crippen LogP contribution in [0.5, 0.6) is 5.75 Å². The molecule has 1 saturated heterocycles. The summed E-state index contributed by atoms with van der Waals surface area (Å²) in [6, 6.07) is 6.24. The number of hydrogen-bond acceptors (Lipinski definition) is 6. The largest absolute Gasteiger partial charge is 0.493 e. The van der Waals surface area contributed by atoms with E-state index < -0.39 is 24.3 Å². The van der Waals surface area contributed by atoms with Crippen LogP contribution in [-0.2, 0) is 17.6 Å². The van der Waals surface area contributed by atoms with Gasteiger partial charge in [-0.3, -0.25) is 14.6 Å². The molecule has 0 unspecified atom stereocenters. The monoisotopic (exact) mass is 590 g/mol. The maximum absolute atomic E-state index is 14.9. The van der Waals surface area contributed by atoms with Crippen LogP contribution in [0, 0.1) is 5.82 Å². The van der Waals surface area contributed by atoms with Crippen LogP contribution in [0.15, 0.2) is 24.3 Å². The molecule has 0 bridgehead atoms. The molecule has 2 aliphatic heterocycles. The van der Waals surface area contributed by atoms with E-state index in [0.717, 1.165) is 56.6 Å². The van der Waals surface area contributed by atoms with Crippen molar-refractivity contribution in [3.63, 3.8) is 0 Å². The third kappa shape index (κ3) is 8.16. The van der Waals surface area contributed by atoms with Crippen molar-refractivity contribution >= 4 is 11.8 Å². The molecule has 0 radical (unpaired) electrons. The number of methoxy groups -OCH3 is 1. The lowest BCUT2D eigenvalue weighted by Crippen LogP contribution is -2.41. The zero-order valence-electron chi connectivity index (χ0n) is 25.1. The Morgan fingerprint density at radius 1 is 1.21 bits per heavy atom. The average Bonchev–Trinajstić information content (AvgIpc) is 3.43. The predicted octanol–water partition coefficient (Wildman–Crippen LogP) is 6.28. The summed E-state index contributed by atoms with van der Waals surface area (Å²) in [6.45, 7) is 6.61. The van der Waals surface area contributed by atoms with Crippen LogP contribution in [-0.4, -0.2) is 78.2 Å². The fourth-order valence-electron chi connectivity index (χ4n) is 6.22. The highest BCUT2D eigenvalue weighted by molar-refractivity contribution is 5.77. The lowest BCUT2D eigenvalue weighted by Gasteiger charge is -2.31. The van der Waals surface area contributed by atoms with Gasteiger partial charge < -0.3 is 15.2 Å². The number of anilines is 1. The van der Waals surface area contributed by atoms with Crippen LogP contribution in [0.25, 0.3) is 0 Å². The molecule has 42 heavy (non-hydrogen) atoms. The summed E-state index contributed by atoms with van der Waals surface area (Å²) in [5.74, 6) is -0.720. The molecule has 2 aromatic rings. The van der Waals surface area contributed by atoms with Crippen LogP contribution in [0.4, 0.5) is 19.0 Å². The van der Waals surface area contributed by atoms with Crippen molar-refractivity contribution in [2.24, 2.45) is 0 Å². The number of benzene rings is 1. The van der Waals surface area contributed by atoms with Gasteiger partial charge in [0.05, 0.1) is 7.11 Å². The van der Waals surface area contributed by atoms with Gasteiger partial charge in [-0.05, 0) is 80.3 Å². The molecule has 232 valence electrons. The number of carboxylic acids is 1. The van der Waals surface area contributed by atoms with Crippen molar-refractivity contribution in [2.45, 2.75) is 89.6 Å². The number of fused-ring (bicyclic) bond motifs is 1. The van der Waals surface area contributed by atoms with Gasteiger partial charge in [-0.2, -0.15) is 0 Å². The summed E-state index contributed by atoms with van der Waals surface area (Å²) < 4.78 is 46.7. The molecule has 0 spiro atoms. The highest BCUT2D eigenvalue weighted by Gasteiger charge is 2.38. The summed E-state index contributed by atoms with van der Waals surface area (Å²) in [7, 11) is 1.34. The van der Waals surface area contributed by atoms with Crippen LogP contribution in [0.1, 0.15) is 86.7 Å². The lowest BCUT2D eigenvalue weighted by atomic mass is 9.95. The van der Waals surface area contributed by atoms with Crippen LogP contribution >= 0.6 is 0 Å². The Morgan fingerprint density at radius 3 is 2.74 bits per heavy atom. The summed E-state index contributed by atoms with van der Waals surface area (Å²) >= 11 is 0. The average molecular weight is 591 g/mol. The van der Waals surface area contributed by atoms with Gasteiger partial charge in [0.2, 0.25) is 6.43 Å². The minimum Gasteiger partial charge on any atom is -0.493 e. The zero-order chi connectivity index (χ0) is 30.2. The third-order valence-electron chi connectivity index (χ3n) is 8.53. The second-order valence-electron chi connectivity index (χ2n) is 11.8. The number of unbranched alkanes of at least 4 members (excludes halogenated alkanes) is 2. The van der Waals surface area contributed by atoms with Crippen LogP contribution < -0.4 is 10.1 Å². The van der Waals surface area contributed by atoms with E-state index in [1.165, 1.54) is 18.7 Å². The van der Waals surface area contributed by atoms with Gasteiger partial charge in [-0.15, -0.1) is 0 Å². The van der Waals surface area contributed by atoms with Gasteiger partial charge in [0.1, 0.15) is 11.9 Å². The fraction of sp³-hybridized carbons (Fsp3) is 0.625. The van der Waals surface area contributed by atoms with Gasteiger partial charge in [-0.25, -0.2) is 18.2 Å². The summed E-state index contributed by atoms with van der Waals surface area (Å²) in [6.07, 6.45) is 3.88. The number of aliphatic carboxylic acids is 1. The first kappa shape index (κ1) is 32.1. The van der Waals surface area contributed by atoms with Crippen molar-refractivity contribution < 1.29 is 27.8 Å². The zero-order valence-corrected chi connectivity index (χ0v) is 25.1. The quantitative estimate of drug-likeness (QED) is 0.237. The summed E-state index contributed by atoms with van der Waals surface area (Å²) in [5, 5.41) is 13.6.